The van der Waals surface area contributed by atoms with Gasteiger partial charge in [-0.15, -0.1) is 0 Å². The fraction of sp³-hybridized carbons (Fsp3) is 0.423. The van der Waals surface area contributed by atoms with E-state index in [-0.39, 0.29) is 36.1 Å². The predicted molar refractivity (Wildman–Crippen MR) is 116 cm³/mol. The molecule has 2 aliphatic heterocycles. The minimum absolute atomic E-state index is 0.0637. The molecule has 2 aromatic rings. The summed E-state index contributed by atoms with van der Waals surface area (Å²) >= 11 is 0. The Morgan fingerprint density at radius 2 is 1.87 bits per heavy atom. The lowest BCUT2D eigenvalue weighted by molar-refractivity contribution is -0.166. The van der Waals surface area contributed by atoms with Gasteiger partial charge in [0.15, 0.2) is 11.5 Å². The third-order valence-electron chi connectivity index (χ3n) is 7.46. The molecule has 5 atom stereocenters. The SMILES string of the molecule is CC1=CC(C)C2(COC(=O)c3ccccc3)COC(c3ccc4c(c3)OCO4)C1C2C. The second-order valence-electron chi connectivity index (χ2n) is 9.03. The Kier molecular flexibility index (Phi) is 5.01. The maximum Gasteiger partial charge on any atom is 0.338 e. The van der Waals surface area contributed by atoms with E-state index in [1.54, 1.807) is 12.1 Å². The van der Waals surface area contributed by atoms with Crippen molar-refractivity contribution in [3.05, 3.63) is 71.3 Å². The van der Waals surface area contributed by atoms with Crippen molar-refractivity contribution < 1.29 is 23.7 Å². The molecule has 1 fully saturated rings. The van der Waals surface area contributed by atoms with E-state index in [1.165, 1.54) is 5.57 Å². The topological polar surface area (TPSA) is 54.0 Å². The van der Waals surface area contributed by atoms with Gasteiger partial charge < -0.3 is 18.9 Å². The molecule has 1 aliphatic carbocycles. The Morgan fingerprint density at radius 1 is 1.10 bits per heavy atom. The van der Waals surface area contributed by atoms with Gasteiger partial charge in [0.25, 0.3) is 0 Å². The largest absolute Gasteiger partial charge is 0.461 e. The quantitative estimate of drug-likeness (QED) is 0.504. The van der Waals surface area contributed by atoms with Crippen molar-refractivity contribution in [2.45, 2.75) is 26.9 Å². The van der Waals surface area contributed by atoms with Crippen LogP contribution >= 0.6 is 0 Å². The molecule has 0 saturated carbocycles. The molecule has 5 rings (SSSR count). The zero-order chi connectivity index (χ0) is 21.6. The number of hydrogen-bond acceptors (Lipinski definition) is 5. The number of fused-ring (bicyclic) bond motifs is 3. The number of allylic oxidation sites excluding steroid dienone is 1. The summed E-state index contributed by atoms with van der Waals surface area (Å²) in [4.78, 5) is 12.6. The van der Waals surface area contributed by atoms with E-state index in [0.717, 1.165) is 17.1 Å². The van der Waals surface area contributed by atoms with Crippen LogP contribution in [-0.4, -0.2) is 26.0 Å². The minimum Gasteiger partial charge on any atom is -0.461 e. The molecule has 2 aromatic carbocycles. The first-order valence-corrected chi connectivity index (χ1v) is 10.9. The van der Waals surface area contributed by atoms with E-state index in [2.05, 4.69) is 32.9 Å². The maximum atomic E-state index is 12.6. The number of ether oxygens (including phenoxy) is 4. The van der Waals surface area contributed by atoms with Crippen LogP contribution < -0.4 is 9.47 Å². The molecule has 3 aliphatic rings. The molecule has 0 N–H and O–H groups in total. The van der Waals surface area contributed by atoms with Gasteiger partial charge in [0.05, 0.1) is 18.3 Å². The summed E-state index contributed by atoms with van der Waals surface area (Å²) in [6, 6.07) is 15.2. The Hall–Kier alpha value is -2.79. The highest BCUT2D eigenvalue weighted by Gasteiger charge is 2.54. The molecule has 5 nitrogen and oxygen atoms in total. The highest BCUT2D eigenvalue weighted by atomic mass is 16.7. The van der Waals surface area contributed by atoms with Crippen LogP contribution in [0.5, 0.6) is 11.5 Å². The monoisotopic (exact) mass is 420 g/mol. The third-order valence-corrected chi connectivity index (χ3v) is 7.46. The first-order valence-electron chi connectivity index (χ1n) is 10.9. The van der Waals surface area contributed by atoms with E-state index in [0.29, 0.717) is 24.7 Å². The first kappa shape index (κ1) is 20.1. The molecule has 5 heteroatoms. The molecule has 1 saturated heterocycles. The van der Waals surface area contributed by atoms with Crippen molar-refractivity contribution in [1.82, 2.24) is 0 Å². The lowest BCUT2D eigenvalue weighted by Crippen LogP contribution is -2.54. The smallest absolute Gasteiger partial charge is 0.338 e. The Morgan fingerprint density at radius 3 is 2.68 bits per heavy atom. The third kappa shape index (κ3) is 3.32. The number of carbonyl (C=O) groups is 1. The molecule has 162 valence electrons. The van der Waals surface area contributed by atoms with Crippen LogP contribution in [0.25, 0.3) is 0 Å². The number of hydrogen-bond donors (Lipinski definition) is 0. The standard InChI is InChI=1S/C26H28O5/c1-16-11-17(2)26(14-29-25(27)19-7-5-4-6-8-19)13-28-24(23(16)18(26)3)20-9-10-21-22(12-20)31-15-30-21/h4-12,17-18,23-24H,13-15H2,1-3H3. The average Bonchev–Trinajstić information content (AvgIpc) is 3.25. The zero-order valence-corrected chi connectivity index (χ0v) is 18.2. The summed E-state index contributed by atoms with van der Waals surface area (Å²) in [5.41, 5.74) is 2.75. The number of esters is 1. The highest BCUT2D eigenvalue weighted by Crippen LogP contribution is 2.56. The van der Waals surface area contributed by atoms with Crippen molar-refractivity contribution in [2.24, 2.45) is 23.2 Å². The van der Waals surface area contributed by atoms with Gasteiger partial charge in [-0.3, -0.25) is 0 Å². The molecular weight excluding hydrogens is 392 g/mol. The summed E-state index contributed by atoms with van der Waals surface area (Å²) in [7, 11) is 0. The van der Waals surface area contributed by atoms with E-state index >= 15 is 0 Å². The lowest BCUT2D eigenvalue weighted by atomic mass is 9.56. The molecule has 0 aromatic heterocycles. The summed E-state index contributed by atoms with van der Waals surface area (Å²) in [6.07, 6.45) is 2.27. The fourth-order valence-corrected chi connectivity index (χ4v) is 5.51. The van der Waals surface area contributed by atoms with Crippen molar-refractivity contribution in [3.8, 4) is 11.5 Å². The molecule has 5 unspecified atom stereocenters. The van der Waals surface area contributed by atoms with E-state index < -0.39 is 0 Å². The van der Waals surface area contributed by atoms with Crippen LogP contribution in [0.2, 0.25) is 0 Å². The van der Waals surface area contributed by atoms with Crippen LogP contribution in [0.1, 0.15) is 42.8 Å². The molecule has 2 heterocycles. The van der Waals surface area contributed by atoms with E-state index in [4.69, 9.17) is 18.9 Å². The van der Waals surface area contributed by atoms with Crippen molar-refractivity contribution in [3.63, 3.8) is 0 Å². The summed E-state index contributed by atoms with van der Waals surface area (Å²) in [6.45, 7) is 7.81. The molecular formula is C26H28O5. The van der Waals surface area contributed by atoms with Crippen LogP contribution in [0.4, 0.5) is 0 Å². The van der Waals surface area contributed by atoms with Gasteiger partial charge in [0.2, 0.25) is 6.79 Å². The molecule has 31 heavy (non-hydrogen) atoms. The van der Waals surface area contributed by atoms with Crippen LogP contribution in [0.15, 0.2) is 60.2 Å². The van der Waals surface area contributed by atoms with Crippen LogP contribution in [0, 0.1) is 23.2 Å². The molecule has 0 spiro atoms. The second-order valence-corrected chi connectivity index (χ2v) is 9.03. The molecule has 0 radical (unpaired) electrons. The van der Waals surface area contributed by atoms with Gasteiger partial charge in [-0.25, -0.2) is 4.79 Å². The van der Waals surface area contributed by atoms with Gasteiger partial charge in [-0.1, -0.05) is 49.8 Å². The van der Waals surface area contributed by atoms with E-state index in [9.17, 15) is 4.79 Å². The summed E-state index contributed by atoms with van der Waals surface area (Å²) < 4.78 is 23.4. The Bertz CT molecular complexity index is 1010. The highest BCUT2D eigenvalue weighted by molar-refractivity contribution is 5.89. The van der Waals surface area contributed by atoms with Crippen molar-refractivity contribution >= 4 is 5.97 Å². The summed E-state index contributed by atoms with van der Waals surface area (Å²) in [5.74, 6) is 2.02. The molecule has 2 bridgehead atoms. The number of carbonyl (C=O) groups excluding carboxylic acids is 1. The van der Waals surface area contributed by atoms with Gasteiger partial charge in [-0.2, -0.15) is 0 Å². The normalized spacial score (nSPS) is 31.1. The van der Waals surface area contributed by atoms with Crippen LogP contribution in [-0.2, 0) is 9.47 Å². The first-order chi connectivity index (χ1) is 15.0. The Labute approximate surface area is 183 Å². The summed E-state index contributed by atoms with van der Waals surface area (Å²) in [5, 5.41) is 0. The van der Waals surface area contributed by atoms with Gasteiger partial charge in [0, 0.05) is 11.3 Å². The average molecular weight is 421 g/mol. The second kappa shape index (κ2) is 7.72. The fourth-order valence-electron chi connectivity index (χ4n) is 5.51. The molecule has 0 amide bonds. The van der Waals surface area contributed by atoms with Crippen molar-refractivity contribution in [2.75, 3.05) is 20.0 Å². The lowest BCUT2D eigenvalue weighted by Gasteiger charge is -2.55. The minimum atomic E-state index is -0.282. The van der Waals surface area contributed by atoms with Gasteiger partial charge >= 0.3 is 5.97 Å². The zero-order valence-electron chi connectivity index (χ0n) is 18.2. The number of benzene rings is 2. The maximum absolute atomic E-state index is 12.6. The van der Waals surface area contributed by atoms with E-state index in [1.807, 2.05) is 30.3 Å². The number of rotatable bonds is 4. The van der Waals surface area contributed by atoms with Crippen LogP contribution in [0.3, 0.4) is 0 Å². The predicted octanol–water partition coefficient (Wildman–Crippen LogP) is 5.18. The van der Waals surface area contributed by atoms with Gasteiger partial charge in [0.1, 0.15) is 6.61 Å². The van der Waals surface area contributed by atoms with Crippen molar-refractivity contribution in [1.29, 1.82) is 0 Å². The Balaban J connectivity index is 1.40. The van der Waals surface area contributed by atoms with Gasteiger partial charge in [-0.05, 0) is 48.6 Å².